The zero-order valence-electron chi connectivity index (χ0n) is 10.4. The highest BCUT2D eigenvalue weighted by Crippen LogP contribution is 2.17. The van der Waals surface area contributed by atoms with E-state index < -0.39 is 0 Å². The van der Waals surface area contributed by atoms with Crippen molar-refractivity contribution in [3.8, 4) is 0 Å². The van der Waals surface area contributed by atoms with E-state index in [0.29, 0.717) is 6.10 Å². The van der Waals surface area contributed by atoms with Gasteiger partial charge >= 0.3 is 0 Å². The molecule has 96 valence electrons. The molecule has 0 radical (unpaired) electrons. The maximum atomic E-state index is 5.58. The van der Waals surface area contributed by atoms with Crippen molar-refractivity contribution in [3.63, 3.8) is 0 Å². The molecule has 1 atom stereocenters. The van der Waals surface area contributed by atoms with E-state index in [4.69, 9.17) is 9.47 Å². The first-order valence-electron chi connectivity index (χ1n) is 6.32. The summed E-state index contributed by atoms with van der Waals surface area (Å²) in [4.78, 5) is 0. The van der Waals surface area contributed by atoms with Gasteiger partial charge in [0.15, 0.2) is 0 Å². The van der Waals surface area contributed by atoms with Crippen LogP contribution in [0.2, 0.25) is 0 Å². The van der Waals surface area contributed by atoms with Crippen LogP contribution in [0.25, 0.3) is 0 Å². The standard InChI is InChI=1S/C12H25NO2S/c1-14-9-7-13-6-2-3-10-16-11-12-5-4-8-15-12/h12-13H,2-11H2,1H3. The van der Waals surface area contributed by atoms with Crippen LogP contribution in [-0.4, -0.2) is 51.0 Å². The van der Waals surface area contributed by atoms with Gasteiger partial charge in [-0.05, 0) is 38.0 Å². The molecule has 0 aromatic rings. The summed E-state index contributed by atoms with van der Waals surface area (Å²) in [6.45, 7) is 3.88. The second-order valence-electron chi connectivity index (χ2n) is 4.16. The fourth-order valence-electron chi connectivity index (χ4n) is 1.74. The zero-order chi connectivity index (χ0) is 11.5. The average molecular weight is 247 g/mol. The lowest BCUT2D eigenvalue weighted by Crippen LogP contribution is -2.20. The van der Waals surface area contributed by atoms with Crippen molar-refractivity contribution in [1.82, 2.24) is 5.32 Å². The van der Waals surface area contributed by atoms with E-state index in [9.17, 15) is 0 Å². The Morgan fingerprint density at radius 3 is 3.06 bits per heavy atom. The molecule has 0 saturated carbocycles. The van der Waals surface area contributed by atoms with Crippen LogP contribution in [0, 0.1) is 0 Å². The number of nitrogens with one attached hydrogen (secondary N) is 1. The van der Waals surface area contributed by atoms with Crippen LogP contribution >= 0.6 is 11.8 Å². The van der Waals surface area contributed by atoms with E-state index in [1.807, 2.05) is 11.8 Å². The molecule has 0 aromatic carbocycles. The molecule has 0 aliphatic carbocycles. The smallest absolute Gasteiger partial charge is 0.0666 e. The first kappa shape index (κ1) is 14.3. The molecule has 3 nitrogen and oxygen atoms in total. The van der Waals surface area contributed by atoms with Crippen LogP contribution in [0.15, 0.2) is 0 Å². The minimum atomic E-state index is 0.546. The van der Waals surface area contributed by atoms with Gasteiger partial charge in [0.25, 0.3) is 0 Å². The van der Waals surface area contributed by atoms with E-state index >= 15 is 0 Å². The SMILES string of the molecule is COCCNCCCCSCC1CCCO1. The number of methoxy groups -OCH3 is 1. The van der Waals surface area contributed by atoms with Gasteiger partial charge in [0.1, 0.15) is 0 Å². The Balaban J connectivity index is 1.71. The largest absolute Gasteiger partial charge is 0.383 e. The molecule has 0 amide bonds. The van der Waals surface area contributed by atoms with Crippen LogP contribution in [-0.2, 0) is 9.47 Å². The van der Waals surface area contributed by atoms with Crippen molar-refractivity contribution in [2.24, 2.45) is 0 Å². The van der Waals surface area contributed by atoms with Gasteiger partial charge in [-0.3, -0.25) is 0 Å². The summed E-state index contributed by atoms with van der Waals surface area (Å²) in [5, 5.41) is 3.36. The lowest BCUT2D eigenvalue weighted by atomic mass is 10.3. The highest BCUT2D eigenvalue weighted by molar-refractivity contribution is 7.99. The number of hydrogen-bond donors (Lipinski definition) is 1. The summed E-state index contributed by atoms with van der Waals surface area (Å²) < 4.78 is 10.5. The normalized spacial score (nSPS) is 20.4. The molecule has 1 unspecified atom stereocenters. The maximum Gasteiger partial charge on any atom is 0.0666 e. The highest BCUT2D eigenvalue weighted by atomic mass is 32.2. The summed E-state index contributed by atoms with van der Waals surface area (Å²) in [6, 6.07) is 0. The fourth-order valence-corrected chi connectivity index (χ4v) is 2.84. The van der Waals surface area contributed by atoms with Crippen molar-refractivity contribution in [1.29, 1.82) is 0 Å². The Hall–Kier alpha value is 0.230. The Kier molecular flexibility index (Phi) is 9.28. The molecule has 1 N–H and O–H groups in total. The molecule has 0 spiro atoms. The first-order chi connectivity index (χ1) is 7.93. The minimum Gasteiger partial charge on any atom is -0.383 e. The molecule has 1 rings (SSSR count). The predicted molar refractivity (Wildman–Crippen MR) is 70.3 cm³/mol. The summed E-state index contributed by atoms with van der Waals surface area (Å²) in [6.07, 6.45) is 5.64. The zero-order valence-corrected chi connectivity index (χ0v) is 11.2. The number of unbranched alkanes of at least 4 members (excludes halogenated alkanes) is 1. The van der Waals surface area contributed by atoms with Gasteiger partial charge in [0.05, 0.1) is 12.7 Å². The highest BCUT2D eigenvalue weighted by Gasteiger charge is 2.14. The van der Waals surface area contributed by atoms with Gasteiger partial charge in [-0.25, -0.2) is 0 Å². The van der Waals surface area contributed by atoms with Crippen LogP contribution in [0.4, 0.5) is 0 Å². The van der Waals surface area contributed by atoms with Crippen molar-refractivity contribution >= 4 is 11.8 Å². The quantitative estimate of drug-likeness (QED) is 0.597. The van der Waals surface area contributed by atoms with Gasteiger partial charge in [-0.15, -0.1) is 0 Å². The van der Waals surface area contributed by atoms with Gasteiger partial charge < -0.3 is 14.8 Å². The molecule has 4 heteroatoms. The van der Waals surface area contributed by atoms with Gasteiger partial charge in [-0.1, -0.05) is 0 Å². The minimum absolute atomic E-state index is 0.546. The van der Waals surface area contributed by atoms with E-state index in [2.05, 4.69) is 5.32 Å². The summed E-state index contributed by atoms with van der Waals surface area (Å²) in [7, 11) is 1.74. The van der Waals surface area contributed by atoms with Crippen LogP contribution < -0.4 is 5.32 Å². The number of ether oxygens (including phenoxy) is 2. The predicted octanol–water partition coefficient (Wildman–Crippen LogP) is 1.91. The second-order valence-corrected chi connectivity index (χ2v) is 5.31. The lowest BCUT2D eigenvalue weighted by Gasteiger charge is -2.08. The summed E-state index contributed by atoms with van der Waals surface area (Å²) in [5.74, 6) is 2.46. The third kappa shape index (κ3) is 7.49. The van der Waals surface area contributed by atoms with Gasteiger partial charge in [-0.2, -0.15) is 11.8 Å². The lowest BCUT2D eigenvalue weighted by molar-refractivity contribution is 0.129. The van der Waals surface area contributed by atoms with Gasteiger partial charge in [0, 0.05) is 26.0 Å². The topological polar surface area (TPSA) is 30.5 Å². The molecular formula is C12H25NO2S. The maximum absolute atomic E-state index is 5.58. The number of thioether (sulfide) groups is 1. The van der Waals surface area contributed by atoms with Crippen molar-refractivity contribution in [2.45, 2.75) is 31.8 Å². The molecule has 1 aliphatic rings. The van der Waals surface area contributed by atoms with Crippen LogP contribution in [0.1, 0.15) is 25.7 Å². The molecule has 1 saturated heterocycles. The van der Waals surface area contributed by atoms with Crippen molar-refractivity contribution in [2.75, 3.05) is 44.9 Å². The monoisotopic (exact) mass is 247 g/mol. The number of rotatable bonds is 10. The molecular weight excluding hydrogens is 222 g/mol. The van der Waals surface area contributed by atoms with Crippen LogP contribution in [0.5, 0.6) is 0 Å². The Morgan fingerprint density at radius 1 is 1.38 bits per heavy atom. The number of hydrogen-bond acceptors (Lipinski definition) is 4. The van der Waals surface area contributed by atoms with Crippen molar-refractivity contribution in [3.05, 3.63) is 0 Å². The molecule has 1 aliphatic heterocycles. The summed E-state index contributed by atoms with van der Waals surface area (Å²) >= 11 is 2.04. The molecule has 0 aromatic heterocycles. The Labute approximate surface area is 104 Å². The molecule has 1 heterocycles. The van der Waals surface area contributed by atoms with Gasteiger partial charge in [0.2, 0.25) is 0 Å². The fraction of sp³-hybridized carbons (Fsp3) is 1.00. The molecule has 1 fully saturated rings. The Bertz CT molecular complexity index is 152. The van der Waals surface area contributed by atoms with Crippen LogP contribution in [0.3, 0.4) is 0 Å². The summed E-state index contributed by atoms with van der Waals surface area (Å²) in [5.41, 5.74) is 0. The molecule has 0 bridgehead atoms. The third-order valence-electron chi connectivity index (χ3n) is 2.70. The van der Waals surface area contributed by atoms with E-state index in [1.54, 1.807) is 7.11 Å². The van der Waals surface area contributed by atoms with E-state index in [0.717, 1.165) is 26.3 Å². The Morgan fingerprint density at radius 2 is 2.31 bits per heavy atom. The van der Waals surface area contributed by atoms with E-state index in [-0.39, 0.29) is 0 Å². The average Bonchev–Trinajstić information content (AvgIpc) is 2.80. The third-order valence-corrected chi connectivity index (χ3v) is 3.89. The van der Waals surface area contributed by atoms with Crippen molar-refractivity contribution < 1.29 is 9.47 Å². The molecule has 16 heavy (non-hydrogen) atoms. The second kappa shape index (κ2) is 10.4. The first-order valence-corrected chi connectivity index (χ1v) is 7.48. The van der Waals surface area contributed by atoms with E-state index in [1.165, 1.54) is 37.2 Å².